The van der Waals surface area contributed by atoms with Crippen molar-refractivity contribution in [3.8, 4) is 11.4 Å². The maximum Gasteiger partial charge on any atom is 0.257 e. The second-order valence-corrected chi connectivity index (χ2v) is 6.60. The van der Waals surface area contributed by atoms with E-state index in [4.69, 9.17) is 4.74 Å². The smallest absolute Gasteiger partial charge is 0.257 e. The van der Waals surface area contributed by atoms with Crippen molar-refractivity contribution >= 4 is 5.91 Å². The predicted octanol–water partition coefficient (Wildman–Crippen LogP) is 2.75. The van der Waals surface area contributed by atoms with E-state index >= 15 is 0 Å². The summed E-state index contributed by atoms with van der Waals surface area (Å²) in [5.74, 6) is 1.21. The number of carbonyl (C=O) groups is 1. The average molecular weight is 351 g/mol. The Bertz CT molecular complexity index is 925. The molecule has 2 heterocycles. The van der Waals surface area contributed by atoms with Crippen LogP contribution >= 0.6 is 0 Å². The van der Waals surface area contributed by atoms with Gasteiger partial charge in [-0.25, -0.2) is 4.68 Å². The number of hydrogen-bond acceptors (Lipinski definition) is 4. The predicted molar refractivity (Wildman–Crippen MR) is 96.5 cm³/mol. The summed E-state index contributed by atoms with van der Waals surface area (Å²) in [7, 11) is 3.39. The van der Waals surface area contributed by atoms with E-state index in [0.717, 1.165) is 17.1 Å². The summed E-state index contributed by atoms with van der Waals surface area (Å²) < 4.78 is 7.01. The molecule has 0 aliphatic heterocycles. The Morgan fingerprint density at radius 3 is 2.96 bits per heavy atom. The molecule has 0 unspecified atom stereocenters. The third-order valence-corrected chi connectivity index (χ3v) is 4.56. The van der Waals surface area contributed by atoms with Crippen LogP contribution in [0.25, 0.3) is 5.69 Å². The van der Waals surface area contributed by atoms with Crippen LogP contribution in [0.1, 0.15) is 40.5 Å². The van der Waals surface area contributed by atoms with Gasteiger partial charge in [-0.1, -0.05) is 12.1 Å². The number of benzene rings is 1. The van der Waals surface area contributed by atoms with Gasteiger partial charge in [-0.3, -0.25) is 9.89 Å². The molecule has 7 nitrogen and oxygen atoms in total. The van der Waals surface area contributed by atoms with E-state index in [0.29, 0.717) is 23.8 Å². The number of rotatable bonds is 6. The molecule has 26 heavy (non-hydrogen) atoms. The molecule has 4 rings (SSSR count). The van der Waals surface area contributed by atoms with E-state index in [9.17, 15) is 4.79 Å². The second kappa shape index (κ2) is 6.67. The van der Waals surface area contributed by atoms with Crippen LogP contribution in [-0.2, 0) is 6.54 Å². The fourth-order valence-corrected chi connectivity index (χ4v) is 2.98. The molecule has 0 saturated heterocycles. The first kappa shape index (κ1) is 16.4. The normalized spacial score (nSPS) is 13.6. The van der Waals surface area contributed by atoms with Crippen molar-refractivity contribution in [3.05, 3.63) is 59.7 Å². The molecule has 0 radical (unpaired) electrons. The molecule has 2 aromatic heterocycles. The number of aromatic amines is 1. The van der Waals surface area contributed by atoms with E-state index < -0.39 is 0 Å². The van der Waals surface area contributed by atoms with Gasteiger partial charge >= 0.3 is 0 Å². The van der Waals surface area contributed by atoms with Crippen LogP contribution < -0.4 is 4.74 Å². The first-order valence-corrected chi connectivity index (χ1v) is 8.63. The first-order chi connectivity index (χ1) is 12.7. The van der Waals surface area contributed by atoms with Crippen molar-refractivity contribution in [2.24, 2.45) is 0 Å². The van der Waals surface area contributed by atoms with Crippen molar-refractivity contribution in [2.75, 3.05) is 14.2 Å². The highest BCUT2D eigenvalue weighted by atomic mass is 16.5. The van der Waals surface area contributed by atoms with E-state index in [1.807, 2.05) is 24.3 Å². The van der Waals surface area contributed by atoms with Gasteiger partial charge in [0, 0.05) is 19.2 Å². The number of nitrogens with one attached hydrogen (secondary N) is 1. The molecule has 1 aliphatic carbocycles. The van der Waals surface area contributed by atoms with Crippen molar-refractivity contribution < 1.29 is 9.53 Å². The highest BCUT2D eigenvalue weighted by molar-refractivity contribution is 5.93. The van der Waals surface area contributed by atoms with Gasteiger partial charge in [0.05, 0.1) is 36.8 Å². The maximum atomic E-state index is 12.7. The number of aromatic nitrogens is 4. The fraction of sp³-hybridized carbons (Fsp3) is 0.316. The van der Waals surface area contributed by atoms with Crippen molar-refractivity contribution in [1.29, 1.82) is 0 Å². The van der Waals surface area contributed by atoms with E-state index in [2.05, 4.69) is 21.4 Å². The third kappa shape index (κ3) is 3.20. The number of methoxy groups -OCH3 is 1. The first-order valence-electron chi connectivity index (χ1n) is 8.63. The molecule has 134 valence electrons. The minimum Gasteiger partial charge on any atom is -0.494 e. The Morgan fingerprint density at radius 2 is 2.19 bits per heavy atom. The van der Waals surface area contributed by atoms with Gasteiger partial charge in [0.25, 0.3) is 5.91 Å². The summed E-state index contributed by atoms with van der Waals surface area (Å²) in [6, 6.07) is 9.61. The molecule has 1 amide bonds. The summed E-state index contributed by atoms with van der Waals surface area (Å²) in [6.45, 7) is 0.485. The number of ether oxygens (including phenoxy) is 1. The second-order valence-electron chi connectivity index (χ2n) is 6.60. The molecule has 1 saturated carbocycles. The van der Waals surface area contributed by atoms with Gasteiger partial charge < -0.3 is 9.64 Å². The lowest BCUT2D eigenvalue weighted by molar-refractivity contribution is 0.0783. The zero-order chi connectivity index (χ0) is 18.1. The molecule has 0 bridgehead atoms. The summed E-state index contributed by atoms with van der Waals surface area (Å²) in [4.78, 5) is 14.4. The molecule has 3 aromatic rings. The Balaban J connectivity index is 1.48. The van der Waals surface area contributed by atoms with E-state index in [1.54, 1.807) is 36.1 Å². The van der Waals surface area contributed by atoms with Crippen LogP contribution in [0.3, 0.4) is 0 Å². The molecule has 1 N–H and O–H groups in total. The van der Waals surface area contributed by atoms with Crippen LogP contribution in [-0.4, -0.2) is 44.9 Å². The molecule has 0 atom stereocenters. The van der Waals surface area contributed by atoms with Crippen molar-refractivity contribution in [1.82, 2.24) is 24.9 Å². The Labute approximate surface area is 151 Å². The lowest BCUT2D eigenvalue weighted by Gasteiger charge is -2.14. The number of para-hydroxylation sites is 2. The zero-order valence-corrected chi connectivity index (χ0v) is 14.8. The monoisotopic (exact) mass is 351 g/mol. The fourth-order valence-electron chi connectivity index (χ4n) is 2.98. The summed E-state index contributed by atoms with van der Waals surface area (Å²) in [5, 5.41) is 11.7. The Kier molecular flexibility index (Phi) is 4.20. The minimum absolute atomic E-state index is 0.0891. The molecule has 1 fully saturated rings. The molecule has 1 aliphatic rings. The largest absolute Gasteiger partial charge is 0.494 e. The zero-order valence-electron chi connectivity index (χ0n) is 14.8. The van der Waals surface area contributed by atoms with Crippen molar-refractivity contribution in [3.63, 3.8) is 0 Å². The van der Waals surface area contributed by atoms with Gasteiger partial charge in [0.1, 0.15) is 11.4 Å². The highest BCUT2D eigenvalue weighted by Crippen LogP contribution is 2.39. The van der Waals surface area contributed by atoms with Crippen LogP contribution in [0.2, 0.25) is 0 Å². The molecule has 1 aromatic carbocycles. The van der Waals surface area contributed by atoms with E-state index in [1.165, 1.54) is 12.8 Å². The highest BCUT2D eigenvalue weighted by Gasteiger charge is 2.26. The molecular formula is C19H21N5O2. The van der Waals surface area contributed by atoms with Gasteiger partial charge in [-0.05, 0) is 31.0 Å². The van der Waals surface area contributed by atoms with Gasteiger partial charge in [0.15, 0.2) is 0 Å². The number of nitrogens with zero attached hydrogens (tertiary/aromatic N) is 4. The van der Waals surface area contributed by atoms with Crippen LogP contribution in [0.15, 0.2) is 42.7 Å². The molecular weight excluding hydrogens is 330 g/mol. The number of H-pyrrole nitrogens is 1. The van der Waals surface area contributed by atoms with Crippen LogP contribution in [0.4, 0.5) is 0 Å². The number of carbonyl (C=O) groups excluding carboxylic acids is 1. The lowest BCUT2D eigenvalue weighted by atomic mass is 10.2. The maximum absolute atomic E-state index is 12.7. The summed E-state index contributed by atoms with van der Waals surface area (Å²) in [5.41, 5.74) is 3.37. The van der Waals surface area contributed by atoms with Gasteiger partial charge in [-0.2, -0.15) is 10.2 Å². The molecule has 7 heteroatoms. The lowest BCUT2D eigenvalue weighted by Crippen LogP contribution is -2.26. The van der Waals surface area contributed by atoms with Gasteiger partial charge in [-0.15, -0.1) is 0 Å². The SMILES string of the molecule is COc1ccccc1-n1cc(C(=O)N(C)Cc2cc(C3CC3)n[nH]2)cn1. The Hall–Kier alpha value is -3.09. The number of amides is 1. The van der Waals surface area contributed by atoms with Crippen LogP contribution in [0.5, 0.6) is 5.75 Å². The summed E-state index contributed by atoms with van der Waals surface area (Å²) >= 11 is 0. The molecule has 0 spiro atoms. The van der Waals surface area contributed by atoms with Crippen LogP contribution in [0, 0.1) is 0 Å². The topological polar surface area (TPSA) is 76.0 Å². The standard InChI is InChI=1S/C19H21N5O2/c1-23(12-15-9-16(22-21-15)13-7-8-13)19(25)14-10-20-24(11-14)17-5-3-4-6-18(17)26-2/h3-6,9-11,13H,7-8,12H2,1-2H3,(H,21,22). The van der Waals surface area contributed by atoms with Crippen molar-refractivity contribution in [2.45, 2.75) is 25.3 Å². The Morgan fingerprint density at radius 1 is 1.38 bits per heavy atom. The van der Waals surface area contributed by atoms with E-state index in [-0.39, 0.29) is 5.91 Å². The quantitative estimate of drug-likeness (QED) is 0.741. The van der Waals surface area contributed by atoms with Gasteiger partial charge in [0.2, 0.25) is 0 Å². The average Bonchev–Trinajstić information content (AvgIpc) is 3.21. The summed E-state index contributed by atoms with van der Waals surface area (Å²) in [6.07, 6.45) is 5.72. The minimum atomic E-state index is -0.0891. The third-order valence-electron chi connectivity index (χ3n) is 4.56. The number of hydrogen-bond donors (Lipinski definition) is 1.